The zero-order valence-corrected chi connectivity index (χ0v) is 10.2. The van der Waals surface area contributed by atoms with Crippen molar-refractivity contribution in [3.63, 3.8) is 0 Å². The number of furan rings is 1. The fourth-order valence-electron chi connectivity index (χ4n) is 1.38. The summed E-state index contributed by atoms with van der Waals surface area (Å²) >= 11 is 11.8. The van der Waals surface area contributed by atoms with Gasteiger partial charge in [0.2, 0.25) is 5.28 Å². The van der Waals surface area contributed by atoms with Crippen LogP contribution in [-0.4, -0.2) is 9.55 Å². The number of hydrogen-bond donors (Lipinski definition) is 1. The van der Waals surface area contributed by atoms with Crippen molar-refractivity contribution >= 4 is 23.2 Å². The molecule has 0 aromatic carbocycles. The van der Waals surface area contributed by atoms with Crippen LogP contribution in [0.1, 0.15) is 11.5 Å². The second kappa shape index (κ2) is 4.91. The van der Waals surface area contributed by atoms with E-state index in [1.807, 2.05) is 19.2 Å². The summed E-state index contributed by atoms with van der Waals surface area (Å²) < 4.78 is 6.94. The predicted octanol–water partition coefficient (Wildman–Crippen LogP) is 2.61. The number of nitrogens with one attached hydrogen (secondary N) is 1. The lowest BCUT2D eigenvalue weighted by Gasteiger charge is -2.04. The molecule has 0 fully saturated rings. The number of rotatable bonds is 4. The van der Waals surface area contributed by atoms with Crippen molar-refractivity contribution < 1.29 is 4.42 Å². The zero-order chi connectivity index (χ0) is 11.5. The van der Waals surface area contributed by atoms with E-state index in [0.29, 0.717) is 23.5 Å². The second-order valence-electron chi connectivity index (χ2n) is 3.36. The van der Waals surface area contributed by atoms with E-state index in [9.17, 15) is 0 Å². The van der Waals surface area contributed by atoms with Crippen molar-refractivity contribution in [1.82, 2.24) is 14.9 Å². The number of imidazole rings is 1. The van der Waals surface area contributed by atoms with Gasteiger partial charge in [-0.1, -0.05) is 11.6 Å². The highest BCUT2D eigenvalue weighted by Gasteiger charge is 2.10. The van der Waals surface area contributed by atoms with Gasteiger partial charge in [-0.05, 0) is 23.7 Å². The molecule has 0 aliphatic rings. The van der Waals surface area contributed by atoms with E-state index in [0.717, 1.165) is 11.5 Å². The second-order valence-corrected chi connectivity index (χ2v) is 4.06. The molecule has 0 saturated heterocycles. The molecule has 0 atom stereocenters. The highest BCUT2D eigenvalue weighted by Crippen LogP contribution is 2.19. The molecule has 0 aliphatic heterocycles. The fourth-order valence-corrected chi connectivity index (χ4v) is 1.88. The Kier molecular flexibility index (Phi) is 3.53. The quantitative estimate of drug-likeness (QED) is 0.918. The van der Waals surface area contributed by atoms with Gasteiger partial charge in [0.05, 0.1) is 18.5 Å². The molecular formula is C10H11Cl2N3O. The van der Waals surface area contributed by atoms with E-state index in [2.05, 4.69) is 10.3 Å². The van der Waals surface area contributed by atoms with Crippen molar-refractivity contribution in [2.24, 2.45) is 7.05 Å². The maximum atomic E-state index is 5.93. The van der Waals surface area contributed by atoms with Gasteiger partial charge in [-0.15, -0.1) is 0 Å². The zero-order valence-electron chi connectivity index (χ0n) is 8.70. The molecule has 0 radical (unpaired) electrons. The fraction of sp³-hybridized carbons (Fsp3) is 0.300. The molecule has 0 amide bonds. The molecule has 0 bridgehead atoms. The van der Waals surface area contributed by atoms with E-state index >= 15 is 0 Å². The minimum atomic E-state index is 0.389. The van der Waals surface area contributed by atoms with Gasteiger partial charge in [-0.3, -0.25) is 0 Å². The normalized spacial score (nSPS) is 10.9. The van der Waals surface area contributed by atoms with Gasteiger partial charge >= 0.3 is 0 Å². The van der Waals surface area contributed by atoms with Crippen LogP contribution in [0.3, 0.4) is 0 Å². The van der Waals surface area contributed by atoms with Crippen LogP contribution in [0.25, 0.3) is 0 Å². The summed E-state index contributed by atoms with van der Waals surface area (Å²) in [4.78, 5) is 3.96. The Morgan fingerprint density at radius 2 is 2.25 bits per heavy atom. The molecule has 0 aliphatic carbocycles. The predicted molar refractivity (Wildman–Crippen MR) is 62.5 cm³/mol. The summed E-state index contributed by atoms with van der Waals surface area (Å²) in [5.74, 6) is 0.879. The average Bonchev–Trinajstić information content (AvgIpc) is 2.82. The smallest absolute Gasteiger partial charge is 0.204 e. The molecule has 2 rings (SSSR count). The van der Waals surface area contributed by atoms with Crippen LogP contribution in [0.15, 0.2) is 22.8 Å². The van der Waals surface area contributed by atoms with Crippen LogP contribution >= 0.6 is 23.2 Å². The maximum Gasteiger partial charge on any atom is 0.204 e. The van der Waals surface area contributed by atoms with Crippen LogP contribution in [0.2, 0.25) is 10.4 Å². The SMILES string of the molecule is Cn1c(Cl)nc(Cl)c1CNCc1ccco1. The Bertz CT molecular complexity index is 465. The number of hydrogen-bond acceptors (Lipinski definition) is 3. The summed E-state index contributed by atoms with van der Waals surface area (Å²) in [6, 6.07) is 3.76. The Balaban J connectivity index is 1.95. The molecule has 6 heteroatoms. The molecule has 16 heavy (non-hydrogen) atoms. The van der Waals surface area contributed by atoms with Crippen molar-refractivity contribution in [2.75, 3.05) is 0 Å². The third kappa shape index (κ3) is 2.40. The molecule has 2 aromatic heterocycles. The van der Waals surface area contributed by atoms with Crippen molar-refractivity contribution in [2.45, 2.75) is 13.1 Å². The Hall–Kier alpha value is -0.970. The average molecular weight is 260 g/mol. The molecule has 86 valence electrons. The van der Waals surface area contributed by atoms with Gasteiger partial charge in [0.25, 0.3) is 0 Å². The minimum Gasteiger partial charge on any atom is -0.468 e. The summed E-state index contributed by atoms with van der Waals surface area (Å²) in [7, 11) is 1.82. The number of halogens is 2. The molecule has 0 spiro atoms. The molecule has 2 aromatic rings. The highest BCUT2D eigenvalue weighted by atomic mass is 35.5. The third-order valence-corrected chi connectivity index (χ3v) is 2.92. The van der Waals surface area contributed by atoms with Gasteiger partial charge in [0.1, 0.15) is 5.76 Å². The first-order valence-electron chi connectivity index (χ1n) is 4.78. The summed E-state index contributed by atoms with van der Waals surface area (Å²) in [5.41, 5.74) is 0.859. The molecule has 4 nitrogen and oxygen atoms in total. The molecule has 2 heterocycles. The highest BCUT2D eigenvalue weighted by molar-refractivity contribution is 6.32. The van der Waals surface area contributed by atoms with Gasteiger partial charge in [0, 0.05) is 13.6 Å². The summed E-state index contributed by atoms with van der Waals surface area (Å²) in [6.45, 7) is 1.24. The van der Waals surface area contributed by atoms with E-state index in [4.69, 9.17) is 27.6 Å². The Morgan fingerprint density at radius 1 is 1.44 bits per heavy atom. The molecular weight excluding hydrogens is 249 g/mol. The van der Waals surface area contributed by atoms with Crippen molar-refractivity contribution in [1.29, 1.82) is 0 Å². The first-order valence-corrected chi connectivity index (χ1v) is 5.53. The topological polar surface area (TPSA) is 43.0 Å². The number of nitrogens with zero attached hydrogens (tertiary/aromatic N) is 2. The minimum absolute atomic E-state index is 0.389. The van der Waals surface area contributed by atoms with E-state index in [1.54, 1.807) is 10.8 Å². The Labute approximate surface area is 103 Å². The van der Waals surface area contributed by atoms with Crippen LogP contribution in [0.5, 0.6) is 0 Å². The van der Waals surface area contributed by atoms with Crippen molar-refractivity contribution in [3.05, 3.63) is 40.3 Å². The first kappa shape index (κ1) is 11.5. The lowest BCUT2D eigenvalue weighted by Crippen LogP contribution is -2.14. The maximum absolute atomic E-state index is 5.93. The monoisotopic (exact) mass is 259 g/mol. The molecule has 1 N–H and O–H groups in total. The lowest BCUT2D eigenvalue weighted by atomic mass is 10.4. The standard InChI is InChI=1S/C10H11Cl2N3O/c1-15-8(9(11)14-10(15)12)6-13-5-7-3-2-4-16-7/h2-4,13H,5-6H2,1H3. The molecule has 0 saturated carbocycles. The van der Waals surface area contributed by atoms with Gasteiger partial charge < -0.3 is 14.3 Å². The van der Waals surface area contributed by atoms with Gasteiger partial charge in [-0.2, -0.15) is 0 Å². The first-order chi connectivity index (χ1) is 7.68. The van der Waals surface area contributed by atoms with E-state index in [1.165, 1.54) is 0 Å². The van der Waals surface area contributed by atoms with Crippen LogP contribution in [0.4, 0.5) is 0 Å². The van der Waals surface area contributed by atoms with Gasteiger partial charge in [0.15, 0.2) is 5.15 Å². The Morgan fingerprint density at radius 3 is 2.81 bits per heavy atom. The van der Waals surface area contributed by atoms with E-state index in [-0.39, 0.29) is 0 Å². The third-order valence-electron chi connectivity index (χ3n) is 2.28. The van der Waals surface area contributed by atoms with Crippen molar-refractivity contribution in [3.8, 4) is 0 Å². The van der Waals surface area contributed by atoms with Gasteiger partial charge in [-0.25, -0.2) is 4.98 Å². The molecule has 0 unspecified atom stereocenters. The van der Waals surface area contributed by atoms with E-state index < -0.39 is 0 Å². The summed E-state index contributed by atoms with van der Waals surface area (Å²) in [5, 5.41) is 4.02. The number of aromatic nitrogens is 2. The van der Waals surface area contributed by atoms with Crippen LogP contribution in [0, 0.1) is 0 Å². The summed E-state index contributed by atoms with van der Waals surface area (Å²) in [6.07, 6.45) is 1.64. The lowest BCUT2D eigenvalue weighted by molar-refractivity contribution is 0.480. The largest absolute Gasteiger partial charge is 0.468 e. The van der Waals surface area contributed by atoms with Crippen LogP contribution in [-0.2, 0) is 20.1 Å². The van der Waals surface area contributed by atoms with Crippen LogP contribution < -0.4 is 5.32 Å².